The fourth-order valence-electron chi connectivity index (χ4n) is 2.12. The van der Waals surface area contributed by atoms with Gasteiger partial charge in [0.25, 0.3) is 0 Å². The van der Waals surface area contributed by atoms with Crippen LogP contribution in [0.5, 0.6) is 5.75 Å². The van der Waals surface area contributed by atoms with Gasteiger partial charge in [0.1, 0.15) is 5.75 Å². The van der Waals surface area contributed by atoms with Crippen molar-refractivity contribution in [3.05, 3.63) is 28.8 Å². The molecule has 1 aromatic carbocycles. The van der Waals surface area contributed by atoms with Crippen LogP contribution in [0.15, 0.2) is 18.2 Å². The minimum absolute atomic E-state index is 0. The van der Waals surface area contributed by atoms with Crippen LogP contribution in [0.4, 0.5) is 8.78 Å². The van der Waals surface area contributed by atoms with Crippen LogP contribution in [0.1, 0.15) is 12.0 Å². The van der Waals surface area contributed by atoms with Crippen molar-refractivity contribution in [2.24, 2.45) is 0 Å². The third kappa shape index (κ3) is 5.24. The number of nitrogens with one attached hydrogen (secondary N) is 2. The highest BCUT2D eigenvalue weighted by Crippen LogP contribution is 2.24. The van der Waals surface area contributed by atoms with Gasteiger partial charge in [0.05, 0.1) is 12.1 Å². The van der Waals surface area contributed by atoms with E-state index in [4.69, 9.17) is 11.6 Å². The molecule has 1 aromatic rings. The minimum atomic E-state index is -2.95. The molecule has 0 aromatic heterocycles. The molecule has 5 nitrogen and oxygen atoms in total. The Bertz CT molecular complexity index is 520. The number of β-amino-alcohol motifs (C(OH)–C–C–N with tert-alkyl or cyclic N) is 1. The first-order valence-corrected chi connectivity index (χ1v) is 6.76. The van der Waals surface area contributed by atoms with Gasteiger partial charge in [-0.1, -0.05) is 11.6 Å². The van der Waals surface area contributed by atoms with Gasteiger partial charge in [-0.05, 0) is 24.6 Å². The van der Waals surface area contributed by atoms with E-state index in [0.717, 1.165) is 0 Å². The summed E-state index contributed by atoms with van der Waals surface area (Å²) in [5.41, 5.74) is 0.356. The van der Waals surface area contributed by atoms with E-state index < -0.39 is 18.8 Å². The highest BCUT2D eigenvalue weighted by atomic mass is 35.5. The maximum absolute atomic E-state index is 12.3. The van der Waals surface area contributed by atoms with Crippen LogP contribution in [0.25, 0.3) is 0 Å². The molecule has 2 rings (SSSR count). The SMILES string of the molecule is Cl.O=C(NCc1cc(Cl)ccc1OC(F)F)C1CC(O)CN1. The highest BCUT2D eigenvalue weighted by molar-refractivity contribution is 6.30. The number of carbonyl (C=O) groups is 1. The monoisotopic (exact) mass is 356 g/mol. The van der Waals surface area contributed by atoms with Gasteiger partial charge in [0, 0.05) is 23.7 Å². The number of hydrogen-bond acceptors (Lipinski definition) is 4. The molecule has 0 saturated carbocycles. The Morgan fingerprint density at radius 2 is 2.27 bits per heavy atom. The predicted molar refractivity (Wildman–Crippen MR) is 79.6 cm³/mol. The summed E-state index contributed by atoms with van der Waals surface area (Å²) in [5.74, 6) is -0.344. The summed E-state index contributed by atoms with van der Waals surface area (Å²) in [7, 11) is 0. The van der Waals surface area contributed by atoms with Gasteiger partial charge in [-0.25, -0.2) is 0 Å². The first-order chi connectivity index (χ1) is 9.95. The van der Waals surface area contributed by atoms with E-state index in [1.165, 1.54) is 18.2 Å². The molecule has 3 N–H and O–H groups in total. The molecule has 2 atom stereocenters. The van der Waals surface area contributed by atoms with Crippen molar-refractivity contribution in [3.63, 3.8) is 0 Å². The van der Waals surface area contributed by atoms with Crippen molar-refractivity contribution in [1.29, 1.82) is 0 Å². The molecule has 1 heterocycles. The number of alkyl halides is 2. The molecule has 9 heteroatoms. The van der Waals surface area contributed by atoms with Gasteiger partial charge in [-0.15, -0.1) is 12.4 Å². The zero-order valence-corrected chi connectivity index (χ0v) is 13.0. The Morgan fingerprint density at radius 1 is 1.55 bits per heavy atom. The summed E-state index contributed by atoms with van der Waals surface area (Å²) in [5, 5.41) is 15.2. The van der Waals surface area contributed by atoms with Crippen molar-refractivity contribution in [1.82, 2.24) is 10.6 Å². The van der Waals surface area contributed by atoms with Gasteiger partial charge >= 0.3 is 6.61 Å². The lowest BCUT2D eigenvalue weighted by atomic mass is 10.1. The number of hydrogen-bond donors (Lipinski definition) is 3. The zero-order valence-electron chi connectivity index (χ0n) is 11.4. The second-order valence-corrected chi connectivity index (χ2v) is 5.14. The summed E-state index contributed by atoms with van der Waals surface area (Å²) in [6.45, 7) is -2.59. The van der Waals surface area contributed by atoms with Crippen LogP contribution in [-0.4, -0.2) is 36.3 Å². The number of benzene rings is 1. The third-order valence-electron chi connectivity index (χ3n) is 3.12. The minimum Gasteiger partial charge on any atom is -0.434 e. The van der Waals surface area contributed by atoms with Crippen LogP contribution >= 0.6 is 24.0 Å². The second-order valence-electron chi connectivity index (χ2n) is 4.70. The van der Waals surface area contributed by atoms with Gasteiger partial charge in [-0.3, -0.25) is 4.79 Å². The van der Waals surface area contributed by atoms with E-state index in [9.17, 15) is 18.7 Å². The van der Waals surface area contributed by atoms with Crippen LogP contribution in [0.2, 0.25) is 5.02 Å². The smallest absolute Gasteiger partial charge is 0.387 e. The number of aliphatic hydroxyl groups is 1. The van der Waals surface area contributed by atoms with Crippen LogP contribution in [0.3, 0.4) is 0 Å². The van der Waals surface area contributed by atoms with Crippen molar-refractivity contribution in [3.8, 4) is 5.75 Å². The van der Waals surface area contributed by atoms with E-state index in [-0.39, 0.29) is 30.6 Å². The molecule has 0 radical (unpaired) electrons. The van der Waals surface area contributed by atoms with E-state index in [1.54, 1.807) is 0 Å². The normalized spacial score (nSPS) is 20.6. The molecule has 22 heavy (non-hydrogen) atoms. The van der Waals surface area contributed by atoms with Gasteiger partial charge < -0.3 is 20.5 Å². The summed E-state index contributed by atoms with van der Waals surface area (Å²) in [6, 6.07) is 3.72. The fraction of sp³-hybridized carbons (Fsp3) is 0.462. The first-order valence-electron chi connectivity index (χ1n) is 6.38. The lowest BCUT2D eigenvalue weighted by Crippen LogP contribution is -2.40. The van der Waals surface area contributed by atoms with Crippen LogP contribution < -0.4 is 15.4 Å². The number of ether oxygens (including phenoxy) is 1. The van der Waals surface area contributed by atoms with E-state index in [1.807, 2.05) is 0 Å². The van der Waals surface area contributed by atoms with E-state index in [2.05, 4.69) is 15.4 Å². The summed E-state index contributed by atoms with van der Waals surface area (Å²) in [4.78, 5) is 11.9. The number of halogens is 4. The first kappa shape index (κ1) is 18.9. The van der Waals surface area contributed by atoms with Crippen molar-refractivity contribution in [2.75, 3.05) is 6.54 Å². The number of aliphatic hydroxyl groups excluding tert-OH is 1. The van der Waals surface area contributed by atoms with Gasteiger partial charge in [-0.2, -0.15) is 8.78 Å². The second kappa shape index (κ2) is 8.47. The molecule has 1 fully saturated rings. The average Bonchev–Trinajstić information content (AvgIpc) is 2.85. The summed E-state index contributed by atoms with van der Waals surface area (Å²) >= 11 is 5.81. The third-order valence-corrected chi connectivity index (χ3v) is 3.35. The lowest BCUT2D eigenvalue weighted by molar-refractivity contribution is -0.123. The Kier molecular flexibility index (Phi) is 7.28. The van der Waals surface area contributed by atoms with Crippen molar-refractivity contribution < 1.29 is 23.4 Å². The highest BCUT2D eigenvalue weighted by Gasteiger charge is 2.27. The van der Waals surface area contributed by atoms with Crippen molar-refractivity contribution >= 4 is 29.9 Å². The number of carbonyl (C=O) groups excluding carboxylic acids is 1. The maximum atomic E-state index is 12.3. The molecule has 0 aliphatic carbocycles. The van der Waals surface area contributed by atoms with E-state index in [0.29, 0.717) is 23.6 Å². The standard InChI is InChI=1S/C13H15ClF2N2O3.ClH/c14-8-1-2-11(21-13(15)16)7(3-8)5-18-12(20)10-4-9(19)6-17-10;/h1-3,9-10,13,17,19H,4-6H2,(H,18,20);1H. The Balaban J connectivity index is 0.00000242. The molecule has 0 spiro atoms. The molecular formula is C13H16Cl2F2N2O3. The van der Waals surface area contributed by atoms with Crippen LogP contribution in [-0.2, 0) is 11.3 Å². The molecule has 2 unspecified atom stereocenters. The lowest BCUT2D eigenvalue weighted by Gasteiger charge is -2.14. The quantitative estimate of drug-likeness (QED) is 0.750. The topological polar surface area (TPSA) is 70.6 Å². The molecule has 1 amide bonds. The molecule has 124 valence electrons. The molecule has 1 aliphatic heterocycles. The van der Waals surface area contributed by atoms with Gasteiger partial charge in [0.15, 0.2) is 0 Å². The molecule has 1 saturated heterocycles. The fourth-order valence-corrected chi connectivity index (χ4v) is 2.31. The average molecular weight is 357 g/mol. The predicted octanol–water partition coefficient (Wildman–Crippen LogP) is 1.70. The van der Waals surface area contributed by atoms with E-state index >= 15 is 0 Å². The van der Waals surface area contributed by atoms with Gasteiger partial charge in [0.2, 0.25) is 5.91 Å². The summed E-state index contributed by atoms with van der Waals surface area (Å²) in [6.07, 6.45) is -0.230. The Hall–Kier alpha value is -1.15. The number of rotatable bonds is 5. The van der Waals surface area contributed by atoms with Crippen molar-refractivity contribution in [2.45, 2.75) is 31.7 Å². The Labute approximate surface area is 137 Å². The number of amides is 1. The summed E-state index contributed by atoms with van der Waals surface area (Å²) < 4.78 is 29.0. The molecule has 1 aliphatic rings. The zero-order chi connectivity index (χ0) is 15.4. The Morgan fingerprint density at radius 3 is 2.86 bits per heavy atom. The maximum Gasteiger partial charge on any atom is 0.387 e. The largest absolute Gasteiger partial charge is 0.434 e. The van der Waals surface area contributed by atoms with Crippen LogP contribution in [0, 0.1) is 0 Å². The molecule has 0 bridgehead atoms. The molecular weight excluding hydrogens is 341 g/mol.